The van der Waals surface area contributed by atoms with Gasteiger partial charge in [0.25, 0.3) is 0 Å². The Hall–Kier alpha value is -2.80. The van der Waals surface area contributed by atoms with E-state index in [1.54, 1.807) is 18.2 Å². The third kappa shape index (κ3) is 3.37. The Bertz CT molecular complexity index is 847. The Balaban J connectivity index is 1.80. The lowest BCUT2D eigenvalue weighted by atomic mass is 9.64. The molecule has 3 N–H and O–H groups in total. The van der Waals surface area contributed by atoms with E-state index in [-0.39, 0.29) is 35.0 Å². The minimum atomic E-state index is -1.21. The van der Waals surface area contributed by atoms with Crippen LogP contribution in [0.25, 0.3) is 0 Å². The molecule has 0 saturated carbocycles. The molecular weight excluding hydrogens is 323 g/mol. The fourth-order valence-corrected chi connectivity index (χ4v) is 2.99. The zero-order valence-corrected chi connectivity index (χ0v) is 13.6. The van der Waals surface area contributed by atoms with Crippen LogP contribution in [0.3, 0.4) is 0 Å². The number of ketones is 2. The zero-order chi connectivity index (χ0) is 18.1. The van der Waals surface area contributed by atoms with Crippen LogP contribution in [0.2, 0.25) is 5.82 Å². The molecule has 1 aliphatic rings. The van der Waals surface area contributed by atoms with Crippen LogP contribution in [-0.4, -0.2) is 33.9 Å². The van der Waals surface area contributed by atoms with Gasteiger partial charge in [-0.05, 0) is 43.2 Å². The molecule has 7 heteroatoms. The second kappa shape index (κ2) is 6.60. The van der Waals surface area contributed by atoms with Gasteiger partial charge in [-0.25, -0.2) is 0 Å². The number of Topliss-reactive ketones (excluding diaryl/α,β-unsaturated/α-hetero) is 2. The highest BCUT2D eigenvalue weighted by atomic mass is 16.5. The van der Waals surface area contributed by atoms with E-state index in [9.17, 15) is 24.8 Å². The van der Waals surface area contributed by atoms with Gasteiger partial charge in [0.15, 0.2) is 23.1 Å². The average Bonchev–Trinajstić information content (AvgIpc) is 2.57. The molecule has 1 atom stereocenters. The lowest BCUT2D eigenvalue weighted by Gasteiger charge is -2.28. The van der Waals surface area contributed by atoms with Crippen molar-refractivity contribution in [3.8, 4) is 17.2 Å². The molecule has 0 spiro atoms. The summed E-state index contributed by atoms with van der Waals surface area (Å²) in [4.78, 5) is 24.1. The van der Waals surface area contributed by atoms with Crippen molar-refractivity contribution in [2.24, 2.45) is 0 Å². The predicted molar refractivity (Wildman–Crippen MR) is 91.2 cm³/mol. The molecular formula is C18H17BO6. The number of carbonyl (C=O) groups excluding carboxylic acids is 2. The first-order valence-electron chi connectivity index (χ1n) is 7.89. The molecule has 128 valence electrons. The molecule has 2 aromatic carbocycles. The number of carbonyl (C=O) groups is 2. The Morgan fingerprint density at radius 1 is 1.20 bits per heavy atom. The minimum Gasteiger partial charge on any atom is -0.535 e. The van der Waals surface area contributed by atoms with Gasteiger partial charge in [-0.3, -0.25) is 9.59 Å². The topological polar surface area (TPSA) is 104 Å². The van der Waals surface area contributed by atoms with Gasteiger partial charge in [0.05, 0.1) is 5.56 Å². The van der Waals surface area contributed by atoms with Crippen LogP contribution in [0, 0.1) is 0 Å². The van der Waals surface area contributed by atoms with Crippen LogP contribution in [0.4, 0.5) is 0 Å². The molecule has 0 aromatic heterocycles. The second-order valence-corrected chi connectivity index (χ2v) is 6.15. The fraction of sp³-hybridized carbons (Fsp3) is 0.222. The lowest BCUT2D eigenvalue weighted by molar-refractivity contribution is 0.0971. The monoisotopic (exact) mass is 340 g/mol. The van der Waals surface area contributed by atoms with E-state index < -0.39 is 12.9 Å². The molecule has 0 radical (unpaired) electrons. The Morgan fingerprint density at radius 3 is 2.64 bits per heavy atom. The molecule has 0 bridgehead atoms. The van der Waals surface area contributed by atoms with Crippen LogP contribution >= 0.6 is 0 Å². The fourth-order valence-electron chi connectivity index (χ4n) is 2.99. The van der Waals surface area contributed by atoms with E-state index in [4.69, 9.17) is 4.65 Å². The molecule has 25 heavy (non-hydrogen) atoms. The minimum absolute atomic E-state index is 0.00905. The highest BCUT2D eigenvalue weighted by molar-refractivity contribution is 6.47. The van der Waals surface area contributed by atoms with Crippen molar-refractivity contribution >= 4 is 18.7 Å². The summed E-state index contributed by atoms with van der Waals surface area (Å²) in [5.41, 5.74) is 1.42. The summed E-state index contributed by atoms with van der Waals surface area (Å²) < 4.78 is 5.51. The number of benzene rings is 2. The molecule has 0 aliphatic carbocycles. The summed E-state index contributed by atoms with van der Waals surface area (Å²) in [6, 6.07) is 9.03. The quantitative estimate of drug-likeness (QED) is 0.448. The maximum absolute atomic E-state index is 12.4. The maximum atomic E-state index is 12.4. The van der Waals surface area contributed by atoms with Crippen LogP contribution < -0.4 is 4.65 Å². The first-order chi connectivity index (χ1) is 11.9. The van der Waals surface area contributed by atoms with Crippen LogP contribution in [0.1, 0.15) is 39.6 Å². The number of fused-ring (bicyclic) bond motifs is 1. The number of para-hydroxylation sites is 1. The van der Waals surface area contributed by atoms with Crippen molar-refractivity contribution in [1.82, 2.24) is 0 Å². The first kappa shape index (κ1) is 17.0. The number of phenolic OH excluding ortho intramolecular Hbond substituents is 2. The SMILES string of the molecule is CC(=O)c1cccc2c1OB(O)[C@@H](CC(=O)c1ccc(O)c(O)c1)C2. The van der Waals surface area contributed by atoms with Gasteiger partial charge >= 0.3 is 7.12 Å². The summed E-state index contributed by atoms with van der Waals surface area (Å²) in [5, 5.41) is 29.1. The normalized spacial score (nSPS) is 16.1. The summed E-state index contributed by atoms with van der Waals surface area (Å²) in [5.74, 6) is -1.22. The van der Waals surface area contributed by atoms with E-state index in [0.717, 1.165) is 5.56 Å². The highest BCUT2D eigenvalue weighted by Gasteiger charge is 2.37. The van der Waals surface area contributed by atoms with E-state index >= 15 is 0 Å². The standard InChI is InChI=1S/C18H17BO6/c1-10(20)14-4-2-3-12-7-13(19(24)25-18(12)14)9-16(22)11-5-6-15(21)17(23)8-11/h2-6,8,13,21,23-24H,7,9H2,1H3/t13-/m1/s1. The molecule has 1 aliphatic heterocycles. The van der Waals surface area contributed by atoms with Crippen molar-refractivity contribution in [3.63, 3.8) is 0 Å². The number of hydrogen-bond acceptors (Lipinski definition) is 6. The number of rotatable bonds is 4. The summed E-state index contributed by atoms with van der Waals surface area (Å²) >= 11 is 0. The Kier molecular flexibility index (Phi) is 4.50. The van der Waals surface area contributed by atoms with Gasteiger partial charge in [-0.15, -0.1) is 0 Å². The molecule has 1 heterocycles. The molecule has 0 unspecified atom stereocenters. The van der Waals surface area contributed by atoms with Crippen LogP contribution in [0.15, 0.2) is 36.4 Å². The molecule has 0 amide bonds. The number of hydrogen-bond donors (Lipinski definition) is 3. The molecule has 2 aromatic rings. The van der Waals surface area contributed by atoms with E-state index in [0.29, 0.717) is 17.7 Å². The smallest absolute Gasteiger partial charge is 0.526 e. The molecule has 3 rings (SSSR count). The summed E-state index contributed by atoms with van der Waals surface area (Å²) in [6.45, 7) is 1.43. The molecule has 0 saturated heterocycles. The number of phenols is 2. The Labute approximate surface area is 144 Å². The third-order valence-electron chi connectivity index (χ3n) is 4.34. The van der Waals surface area contributed by atoms with E-state index in [2.05, 4.69) is 0 Å². The number of aromatic hydroxyl groups is 2. The molecule has 6 nitrogen and oxygen atoms in total. The van der Waals surface area contributed by atoms with Gasteiger partial charge in [-0.2, -0.15) is 0 Å². The van der Waals surface area contributed by atoms with E-state index in [1.165, 1.54) is 25.1 Å². The highest BCUT2D eigenvalue weighted by Crippen LogP contribution is 2.37. The predicted octanol–water partition coefficient (Wildman–Crippen LogP) is 2.36. The zero-order valence-electron chi connectivity index (χ0n) is 13.6. The van der Waals surface area contributed by atoms with Crippen LogP contribution in [-0.2, 0) is 6.42 Å². The first-order valence-corrected chi connectivity index (χ1v) is 7.89. The van der Waals surface area contributed by atoms with Gasteiger partial charge in [-0.1, -0.05) is 12.1 Å². The van der Waals surface area contributed by atoms with Gasteiger partial charge < -0.3 is 19.9 Å². The van der Waals surface area contributed by atoms with Crippen LogP contribution in [0.5, 0.6) is 17.2 Å². The van der Waals surface area contributed by atoms with Crippen molar-refractivity contribution in [1.29, 1.82) is 0 Å². The van der Waals surface area contributed by atoms with Crippen molar-refractivity contribution in [3.05, 3.63) is 53.1 Å². The van der Waals surface area contributed by atoms with Crippen molar-refractivity contribution < 1.29 is 29.5 Å². The maximum Gasteiger partial charge on any atom is 0.526 e. The van der Waals surface area contributed by atoms with E-state index in [1.807, 2.05) is 0 Å². The molecule has 0 fully saturated rings. The lowest BCUT2D eigenvalue weighted by Crippen LogP contribution is -2.35. The van der Waals surface area contributed by atoms with Crippen molar-refractivity contribution in [2.45, 2.75) is 25.6 Å². The van der Waals surface area contributed by atoms with Gasteiger partial charge in [0, 0.05) is 17.8 Å². The van der Waals surface area contributed by atoms with Crippen molar-refractivity contribution in [2.75, 3.05) is 0 Å². The largest absolute Gasteiger partial charge is 0.535 e. The summed E-state index contributed by atoms with van der Waals surface area (Å²) in [7, 11) is -1.21. The Morgan fingerprint density at radius 2 is 1.96 bits per heavy atom. The van der Waals surface area contributed by atoms with Gasteiger partial charge in [0.2, 0.25) is 0 Å². The second-order valence-electron chi connectivity index (χ2n) is 6.15. The van der Waals surface area contributed by atoms with Gasteiger partial charge in [0.1, 0.15) is 5.75 Å². The summed E-state index contributed by atoms with van der Waals surface area (Å²) in [6.07, 6.45) is 0.405. The average molecular weight is 340 g/mol. The third-order valence-corrected chi connectivity index (χ3v) is 4.34.